The van der Waals surface area contributed by atoms with Crippen LogP contribution in [0, 0.1) is 0 Å². The number of carbonyl (C=O) groups is 1. The second kappa shape index (κ2) is 30.7. The summed E-state index contributed by atoms with van der Waals surface area (Å²) in [6.07, 6.45) is 33.3. The molecule has 3 atom stereocenters. The molecule has 0 aromatic rings. The Balaban J connectivity index is 4.42. The number of aliphatic hydroxyl groups excluding tert-OH is 1. The minimum Gasteiger partial charge on any atom is -0.387 e. The van der Waals surface area contributed by atoms with E-state index in [1.54, 1.807) is 6.08 Å². The van der Waals surface area contributed by atoms with Crippen molar-refractivity contribution in [1.29, 1.82) is 0 Å². The molecule has 0 aliphatic carbocycles. The molecule has 252 valence electrons. The molecule has 0 fully saturated rings. The lowest BCUT2D eigenvalue weighted by Gasteiger charge is -2.23. The molecule has 0 rings (SSSR count). The maximum Gasteiger partial charge on any atom is 0.472 e. The first kappa shape index (κ1) is 41.7. The highest BCUT2D eigenvalue weighted by atomic mass is 31.2. The summed E-state index contributed by atoms with van der Waals surface area (Å²) in [6.45, 7) is 4.03. The zero-order chi connectivity index (χ0) is 31.9. The van der Waals surface area contributed by atoms with E-state index >= 15 is 0 Å². The third-order valence-corrected chi connectivity index (χ3v) is 8.17. The van der Waals surface area contributed by atoms with Crippen molar-refractivity contribution in [3.63, 3.8) is 0 Å². The zero-order valence-electron chi connectivity index (χ0n) is 27.4. The Labute approximate surface area is 263 Å². The van der Waals surface area contributed by atoms with Gasteiger partial charge in [0.25, 0.3) is 0 Å². The molecule has 0 heterocycles. The van der Waals surface area contributed by atoms with Crippen molar-refractivity contribution in [3.8, 4) is 0 Å². The molecule has 5 N–H and O–H groups in total. The van der Waals surface area contributed by atoms with Gasteiger partial charge in [0.2, 0.25) is 5.91 Å². The van der Waals surface area contributed by atoms with Gasteiger partial charge in [-0.15, -0.1) is 0 Å². The van der Waals surface area contributed by atoms with Crippen molar-refractivity contribution in [3.05, 3.63) is 36.5 Å². The van der Waals surface area contributed by atoms with Gasteiger partial charge in [0, 0.05) is 13.0 Å². The number of hydrogen-bond donors (Lipinski definition) is 4. The van der Waals surface area contributed by atoms with Crippen LogP contribution in [0.5, 0.6) is 0 Å². The number of nitrogens with one attached hydrogen (secondary N) is 1. The first-order valence-electron chi connectivity index (χ1n) is 17.1. The van der Waals surface area contributed by atoms with Crippen LogP contribution in [-0.4, -0.2) is 47.8 Å². The number of amides is 1. The van der Waals surface area contributed by atoms with Gasteiger partial charge in [0.05, 0.1) is 25.4 Å². The van der Waals surface area contributed by atoms with Gasteiger partial charge in [0.15, 0.2) is 0 Å². The van der Waals surface area contributed by atoms with Gasteiger partial charge in [-0.25, -0.2) is 4.57 Å². The van der Waals surface area contributed by atoms with Gasteiger partial charge in [-0.3, -0.25) is 13.8 Å². The van der Waals surface area contributed by atoms with Crippen molar-refractivity contribution in [1.82, 2.24) is 5.32 Å². The number of phosphoric acid groups is 1. The van der Waals surface area contributed by atoms with Crippen LogP contribution in [-0.2, 0) is 18.4 Å². The number of unbranched alkanes of at least 4 members (excludes halogenated alkanes) is 15. The molecule has 0 spiro atoms. The van der Waals surface area contributed by atoms with Gasteiger partial charge in [-0.05, 0) is 57.8 Å². The average Bonchev–Trinajstić information content (AvgIpc) is 2.99. The molecule has 0 aromatic heterocycles. The van der Waals surface area contributed by atoms with Gasteiger partial charge in [0.1, 0.15) is 0 Å². The number of aliphatic hydroxyl groups is 1. The molecule has 0 aliphatic rings. The van der Waals surface area contributed by atoms with E-state index in [2.05, 4.69) is 43.5 Å². The van der Waals surface area contributed by atoms with Crippen LogP contribution < -0.4 is 11.1 Å². The Bertz CT molecular complexity index is 774. The first-order chi connectivity index (χ1) is 20.9. The van der Waals surface area contributed by atoms with Crippen molar-refractivity contribution >= 4 is 13.7 Å². The van der Waals surface area contributed by atoms with Crippen molar-refractivity contribution in [2.24, 2.45) is 5.73 Å². The molecule has 0 saturated heterocycles. The Hall–Kier alpha value is -1.28. The molecule has 8 nitrogen and oxygen atoms in total. The largest absolute Gasteiger partial charge is 0.472 e. The number of nitrogens with two attached hydrogens (primary N) is 1. The van der Waals surface area contributed by atoms with E-state index in [9.17, 15) is 19.4 Å². The van der Waals surface area contributed by atoms with Gasteiger partial charge < -0.3 is 21.1 Å². The maximum absolute atomic E-state index is 12.6. The Morgan fingerprint density at radius 1 is 0.744 bits per heavy atom. The number of phosphoric ester groups is 1. The number of allylic oxidation sites excluding steroid dienone is 5. The fourth-order valence-corrected chi connectivity index (χ4v) is 5.31. The van der Waals surface area contributed by atoms with Gasteiger partial charge >= 0.3 is 7.82 Å². The Kier molecular flexibility index (Phi) is 29.8. The molecule has 3 unspecified atom stereocenters. The fraction of sp³-hybridized carbons (Fsp3) is 0.794. The molecule has 0 aromatic carbocycles. The van der Waals surface area contributed by atoms with Crippen LogP contribution >= 0.6 is 7.82 Å². The third kappa shape index (κ3) is 29.2. The zero-order valence-corrected chi connectivity index (χ0v) is 28.3. The molecule has 43 heavy (non-hydrogen) atoms. The van der Waals surface area contributed by atoms with E-state index in [1.807, 2.05) is 6.08 Å². The van der Waals surface area contributed by atoms with Crippen molar-refractivity contribution < 1.29 is 28.4 Å². The quantitative estimate of drug-likeness (QED) is 0.0344. The van der Waals surface area contributed by atoms with Crippen LogP contribution in [0.1, 0.15) is 142 Å². The monoisotopic (exact) mass is 628 g/mol. The van der Waals surface area contributed by atoms with E-state index in [1.165, 1.54) is 70.6 Å². The summed E-state index contributed by atoms with van der Waals surface area (Å²) >= 11 is 0. The summed E-state index contributed by atoms with van der Waals surface area (Å²) in [4.78, 5) is 22.5. The van der Waals surface area contributed by atoms with Crippen LogP contribution in [0.2, 0.25) is 0 Å². The standard InChI is InChI=1S/C34H65N2O6P/c1-3-5-7-9-11-13-15-16-17-18-20-22-24-26-28-34(38)36-32(31-42-43(39,40)41-30-29-35)33(37)27-25-23-21-19-14-12-10-8-6-4-2/h14-16,19,25,27,32-33,37H,3-13,17-18,20-24,26,28-31,35H2,1-2H3,(H,36,38)(H,39,40)/b16-15-,19-14+,27-25+. The predicted molar refractivity (Wildman–Crippen MR) is 180 cm³/mol. The maximum atomic E-state index is 12.6. The lowest BCUT2D eigenvalue weighted by Crippen LogP contribution is -2.45. The number of carbonyl (C=O) groups excluding carboxylic acids is 1. The molecule has 0 aliphatic heterocycles. The van der Waals surface area contributed by atoms with Crippen molar-refractivity contribution in [2.45, 2.75) is 154 Å². The summed E-state index contributed by atoms with van der Waals surface area (Å²) in [5, 5.41) is 13.5. The van der Waals surface area contributed by atoms with E-state index < -0.39 is 20.0 Å². The van der Waals surface area contributed by atoms with E-state index in [0.29, 0.717) is 6.42 Å². The summed E-state index contributed by atoms with van der Waals surface area (Å²) in [7, 11) is -4.33. The Morgan fingerprint density at radius 3 is 1.81 bits per heavy atom. The SMILES string of the molecule is CCCCCC/C=C/CC/C=C/C(O)C(COP(=O)(O)OCCN)NC(=O)CCCCCCC/C=C\CCCCCCC. The summed E-state index contributed by atoms with van der Waals surface area (Å²) in [5.74, 6) is -0.218. The average molecular weight is 629 g/mol. The van der Waals surface area contributed by atoms with E-state index in [-0.39, 0.29) is 25.7 Å². The van der Waals surface area contributed by atoms with Crippen LogP contribution in [0.3, 0.4) is 0 Å². The highest BCUT2D eigenvalue weighted by molar-refractivity contribution is 7.47. The predicted octanol–water partition coefficient (Wildman–Crippen LogP) is 8.43. The highest BCUT2D eigenvalue weighted by Crippen LogP contribution is 2.43. The molecule has 9 heteroatoms. The minimum absolute atomic E-state index is 0.0719. The van der Waals surface area contributed by atoms with E-state index in [0.717, 1.165) is 51.4 Å². The molecular weight excluding hydrogens is 563 g/mol. The lowest BCUT2D eigenvalue weighted by molar-refractivity contribution is -0.123. The Morgan fingerprint density at radius 2 is 1.23 bits per heavy atom. The first-order valence-corrected chi connectivity index (χ1v) is 18.6. The summed E-state index contributed by atoms with van der Waals surface area (Å²) in [5.41, 5.74) is 5.33. The lowest BCUT2D eigenvalue weighted by atomic mass is 10.1. The van der Waals surface area contributed by atoms with Crippen LogP contribution in [0.15, 0.2) is 36.5 Å². The second-order valence-electron chi connectivity index (χ2n) is 11.4. The van der Waals surface area contributed by atoms with Crippen molar-refractivity contribution in [2.75, 3.05) is 19.8 Å². The molecule has 0 radical (unpaired) electrons. The van der Waals surface area contributed by atoms with Crippen LogP contribution in [0.4, 0.5) is 0 Å². The summed E-state index contributed by atoms with van der Waals surface area (Å²) < 4.78 is 21.9. The minimum atomic E-state index is -4.33. The number of rotatable bonds is 31. The molecule has 1 amide bonds. The second-order valence-corrected chi connectivity index (χ2v) is 12.8. The fourth-order valence-electron chi connectivity index (χ4n) is 4.55. The smallest absolute Gasteiger partial charge is 0.387 e. The third-order valence-electron chi connectivity index (χ3n) is 7.19. The molecule has 0 bridgehead atoms. The molecule has 0 saturated carbocycles. The van der Waals surface area contributed by atoms with Gasteiger partial charge in [-0.2, -0.15) is 0 Å². The van der Waals surface area contributed by atoms with Crippen LogP contribution in [0.25, 0.3) is 0 Å². The normalized spacial score (nSPS) is 15.0. The molecular formula is C34H65N2O6P. The number of hydrogen-bond acceptors (Lipinski definition) is 6. The van der Waals surface area contributed by atoms with E-state index in [4.69, 9.17) is 14.8 Å². The summed E-state index contributed by atoms with van der Waals surface area (Å²) in [6, 6.07) is -0.877. The van der Waals surface area contributed by atoms with Gasteiger partial charge in [-0.1, -0.05) is 115 Å². The highest BCUT2D eigenvalue weighted by Gasteiger charge is 2.26. The topological polar surface area (TPSA) is 131 Å².